The first-order chi connectivity index (χ1) is 8.27. The predicted octanol–water partition coefficient (Wildman–Crippen LogP) is 2.70. The van der Waals surface area contributed by atoms with Crippen molar-refractivity contribution >= 4 is 5.78 Å². The monoisotopic (exact) mass is 226 g/mol. The summed E-state index contributed by atoms with van der Waals surface area (Å²) in [5, 5.41) is 0. The number of nitrogens with zero attached hydrogens (tertiary/aromatic N) is 2. The molecule has 0 spiro atoms. The fraction of sp³-hybridized carbons (Fsp3) is 0.286. The second kappa shape index (κ2) is 3.84. The van der Waals surface area contributed by atoms with Crippen molar-refractivity contribution in [1.29, 1.82) is 0 Å². The van der Waals surface area contributed by atoms with Gasteiger partial charge in [0.05, 0.1) is 0 Å². The van der Waals surface area contributed by atoms with Gasteiger partial charge in [0.15, 0.2) is 5.78 Å². The summed E-state index contributed by atoms with van der Waals surface area (Å²) in [6.45, 7) is 2.03. The van der Waals surface area contributed by atoms with Gasteiger partial charge in [-0.15, -0.1) is 0 Å². The molecule has 0 amide bonds. The Balaban J connectivity index is 2.21. The van der Waals surface area contributed by atoms with Gasteiger partial charge in [0.25, 0.3) is 0 Å². The fourth-order valence-electron chi connectivity index (χ4n) is 2.53. The van der Waals surface area contributed by atoms with Gasteiger partial charge in [-0.25, -0.2) is 4.98 Å². The van der Waals surface area contributed by atoms with Crippen LogP contribution in [-0.4, -0.2) is 15.3 Å². The number of pyridine rings is 1. The third-order valence-corrected chi connectivity index (χ3v) is 3.28. The molecule has 17 heavy (non-hydrogen) atoms. The van der Waals surface area contributed by atoms with Crippen LogP contribution in [0.15, 0.2) is 30.5 Å². The Hall–Kier alpha value is -1.90. The minimum Gasteiger partial charge on any atom is -0.302 e. The molecule has 2 aromatic heterocycles. The summed E-state index contributed by atoms with van der Waals surface area (Å²) in [6.07, 6.45) is 4.37. The molecule has 1 aliphatic rings. The highest BCUT2D eigenvalue weighted by Gasteiger charge is 2.23. The lowest BCUT2D eigenvalue weighted by molar-refractivity contribution is 0.0972. The molecular weight excluding hydrogens is 212 g/mol. The zero-order valence-corrected chi connectivity index (χ0v) is 9.81. The van der Waals surface area contributed by atoms with Crippen molar-refractivity contribution < 1.29 is 4.79 Å². The summed E-state index contributed by atoms with van der Waals surface area (Å²) in [5.41, 5.74) is 3.10. The van der Waals surface area contributed by atoms with Crippen LogP contribution in [-0.2, 0) is 6.42 Å². The summed E-state index contributed by atoms with van der Waals surface area (Å²) < 4.78 is 2.10. The van der Waals surface area contributed by atoms with E-state index in [1.165, 1.54) is 0 Å². The van der Waals surface area contributed by atoms with Crippen LogP contribution in [0.1, 0.15) is 34.6 Å². The zero-order chi connectivity index (χ0) is 11.8. The molecule has 0 N–H and O–H groups in total. The van der Waals surface area contributed by atoms with Crippen molar-refractivity contribution in [3.8, 4) is 5.82 Å². The van der Waals surface area contributed by atoms with Gasteiger partial charge in [0, 0.05) is 29.6 Å². The average Bonchev–Trinajstić information content (AvgIpc) is 2.68. The second-order valence-corrected chi connectivity index (χ2v) is 4.45. The Kier molecular flexibility index (Phi) is 2.32. The van der Waals surface area contributed by atoms with Gasteiger partial charge < -0.3 is 4.57 Å². The summed E-state index contributed by atoms with van der Waals surface area (Å²) in [5.74, 6) is 1.17. The van der Waals surface area contributed by atoms with Crippen LogP contribution in [0.4, 0.5) is 0 Å². The lowest BCUT2D eigenvalue weighted by Gasteiger charge is -2.15. The minimum atomic E-state index is 0.268. The van der Waals surface area contributed by atoms with Crippen LogP contribution in [0.5, 0.6) is 0 Å². The molecular formula is C14H14N2O. The molecule has 0 aromatic carbocycles. The summed E-state index contributed by atoms with van der Waals surface area (Å²) in [4.78, 5) is 16.2. The first kappa shape index (κ1) is 10.3. The van der Waals surface area contributed by atoms with Gasteiger partial charge in [-0.05, 0) is 38.0 Å². The molecule has 3 rings (SSSR count). The van der Waals surface area contributed by atoms with Crippen molar-refractivity contribution in [2.75, 3.05) is 0 Å². The Labute approximate surface area is 100 Å². The van der Waals surface area contributed by atoms with Crippen LogP contribution >= 0.6 is 0 Å². The molecule has 0 bridgehead atoms. The van der Waals surface area contributed by atoms with E-state index in [2.05, 4.69) is 9.55 Å². The van der Waals surface area contributed by atoms with Crippen molar-refractivity contribution in [1.82, 2.24) is 9.55 Å². The molecule has 0 fully saturated rings. The molecule has 0 aliphatic heterocycles. The molecule has 0 unspecified atom stereocenters. The first-order valence-electron chi connectivity index (χ1n) is 5.93. The van der Waals surface area contributed by atoms with Crippen LogP contribution < -0.4 is 0 Å². The lowest BCUT2D eigenvalue weighted by Crippen LogP contribution is -2.13. The molecule has 0 atom stereocenters. The van der Waals surface area contributed by atoms with Crippen LogP contribution in [0, 0.1) is 6.92 Å². The molecule has 0 saturated carbocycles. The maximum Gasteiger partial charge on any atom is 0.164 e. The summed E-state index contributed by atoms with van der Waals surface area (Å²) in [6, 6.07) is 7.84. The molecule has 0 saturated heterocycles. The van der Waals surface area contributed by atoms with E-state index in [0.717, 1.165) is 35.6 Å². The molecule has 86 valence electrons. The maximum atomic E-state index is 11.8. The first-order valence-corrected chi connectivity index (χ1v) is 5.93. The number of hydrogen-bond acceptors (Lipinski definition) is 2. The average molecular weight is 226 g/mol. The fourth-order valence-corrected chi connectivity index (χ4v) is 2.53. The van der Waals surface area contributed by atoms with Crippen LogP contribution in [0.3, 0.4) is 0 Å². The van der Waals surface area contributed by atoms with E-state index in [0.29, 0.717) is 6.42 Å². The number of aryl methyl sites for hydroxylation is 1. The van der Waals surface area contributed by atoms with Gasteiger partial charge in [-0.3, -0.25) is 4.79 Å². The number of rotatable bonds is 1. The number of fused-ring (bicyclic) bond motifs is 1. The van der Waals surface area contributed by atoms with E-state index in [1.54, 1.807) is 6.20 Å². The van der Waals surface area contributed by atoms with E-state index in [9.17, 15) is 4.79 Å². The standard InChI is InChI=1S/C14H14N2O/c1-10-9-11-12(5-4-6-13(11)17)16(10)14-7-2-3-8-15-14/h2-3,7-9H,4-6H2,1H3. The van der Waals surface area contributed by atoms with Gasteiger partial charge in [-0.1, -0.05) is 6.07 Å². The largest absolute Gasteiger partial charge is 0.302 e. The SMILES string of the molecule is Cc1cc2c(n1-c1ccccn1)CCCC2=O. The Bertz CT molecular complexity index is 569. The summed E-state index contributed by atoms with van der Waals surface area (Å²) in [7, 11) is 0. The van der Waals surface area contributed by atoms with Crippen LogP contribution in [0.2, 0.25) is 0 Å². The Morgan fingerprint density at radius 3 is 2.94 bits per heavy atom. The van der Waals surface area contributed by atoms with E-state index in [1.807, 2.05) is 31.2 Å². The van der Waals surface area contributed by atoms with E-state index in [-0.39, 0.29) is 5.78 Å². The smallest absolute Gasteiger partial charge is 0.164 e. The van der Waals surface area contributed by atoms with E-state index >= 15 is 0 Å². The number of hydrogen-bond donors (Lipinski definition) is 0. The zero-order valence-electron chi connectivity index (χ0n) is 9.81. The number of carbonyl (C=O) groups is 1. The topological polar surface area (TPSA) is 34.9 Å². The van der Waals surface area contributed by atoms with Crippen LogP contribution in [0.25, 0.3) is 5.82 Å². The molecule has 1 aliphatic carbocycles. The summed E-state index contributed by atoms with van der Waals surface area (Å²) >= 11 is 0. The minimum absolute atomic E-state index is 0.268. The maximum absolute atomic E-state index is 11.8. The number of aromatic nitrogens is 2. The highest BCUT2D eigenvalue weighted by atomic mass is 16.1. The normalized spacial score (nSPS) is 14.8. The third kappa shape index (κ3) is 1.58. The highest BCUT2D eigenvalue weighted by molar-refractivity contribution is 5.98. The molecule has 3 nitrogen and oxygen atoms in total. The van der Waals surface area contributed by atoms with Crippen molar-refractivity contribution in [2.45, 2.75) is 26.2 Å². The third-order valence-electron chi connectivity index (χ3n) is 3.28. The van der Waals surface area contributed by atoms with Gasteiger partial charge in [0.1, 0.15) is 5.82 Å². The lowest BCUT2D eigenvalue weighted by atomic mass is 9.97. The van der Waals surface area contributed by atoms with Gasteiger partial charge >= 0.3 is 0 Å². The van der Waals surface area contributed by atoms with Crippen molar-refractivity contribution in [3.63, 3.8) is 0 Å². The van der Waals surface area contributed by atoms with Gasteiger partial charge in [-0.2, -0.15) is 0 Å². The number of carbonyl (C=O) groups excluding carboxylic acids is 1. The number of Topliss-reactive ketones (excluding diaryl/α,β-unsaturated/α-hetero) is 1. The van der Waals surface area contributed by atoms with Crippen molar-refractivity contribution in [3.05, 3.63) is 47.4 Å². The van der Waals surface area contributed by atoms with E-state index < -0.39 is 0 Å². The van der Waals surface area contributed by atoms with Gasteiger partial charge in [0.2, 0.25) is 0 Å². The highest BCUT2D eigenvalue weighted by Crippen LogP contribution is 2.27. The molecule has 3 heteroatoms. The molecule has 2 aromatic rings. The predicted molar refractivity (Wildman–Crippen MR) is 65.6 cm³/mol. The molecule has 0 radical (unpaired) electrons. The Morgan fingerprint density at radius 2 is 2.18 bits per heavy atom. The van der Waals surface area contributed by atoms with Crippen molar-refractivity contribution in [2.24, 2.45) is 0 Å². The second-order valence-electron chi connectivity index (χ2n) is 4.45. The molecule has 2 heterocycles. The van der Waals surface area contributed by atoms with E-state index in [4.69, 9.17) is 0 Å². The number of ketones is 1. The quantitative estimate of drug-likeness (QED) is 0.749. The Morgan fingerprint density at radius 1 is 1.29 bits per heavy atom.